The van der Waals surface area contributed by atoms with Crippen LogP contribution in [-0.2, 0) is 4.79 Å². The predicted octanol–water partition coefficient (Wildman–Crippen LogP) is 2.68. The van der Waals surface area contributed by atoms with Crippen LogP contribution in [0.5, 0.6) is 0 Å². The molecular weight excluding hydrogens is 186 g/mol. The zero-order chi connectivity index (χ0) is 11.0. The summed E-state index contributed by atoms with van der Waals surface area (Å²) in [5, 5.41) is 0. The third-order valence-corrected chi connectivity index (χ3v) is 4.56. The van der Waals surface area contributed by atoms with Crippen LogP contribution < -0.4 is 0 Å². The second-order valence-corrected chi connectivity index (χ2v) is 5.59. The molecule has 2 unspecified atom stereocenters. The monoisotopic (exact) mass is 209 g/mol. The molecule has 0 spiro atoms. The summed E-state index contributed by atoms with van der Waals surface area (Å²) in [6.07, 6.45) is 5.39. The van der Waals surface area contributed by atoms with Gasteiger partial charge in [0.15, 0.2) is 0 Å². The molecule has 1 aliphatic heterocycles. The molecular formula is C13H23NO. The van der Waals surface area contributed by atoms with Gasteiger partial charge in [-0.1, -0.05) is 26.2 Å². The first kappa shape index (κ1) is 11.0. The minimum Gasteiger partial charge on any atom is -0.340 e. The van der Waals surface area contributed by atoms with Gasteiger partial charge in [-0.2, -0.15) is 0 Å². The molecule has 0 aromatic heterocycles. The molecule has 2 fully saturated rings. The van der Waals surface area contributed by atoms with E-state index in [2.05, 4.69) is 18.7 Å². The van der Waals surface area contributed by atoms with Gasteiger partial charge in [0.2, 0.25) is 5.91 Å². The number of carbonyl (C=O) groups is 1. The van der Waals surface area contributed by atoms with E-state index in [1.54, 1.807) is 6.92 Å². The van der Waals surface area contributed by atoms with Gasteiger partial charge < -0.3 is 4.90 Å². The Bertz CT molecular complexity index is 251. The standard InChI is InChI=1S/C13H23NO/c1-9-5-4-6-12-7-10(2)14(11(3)15)8-13(9)12/h9-10,12-13H,4-8H2,1-3H3/t9-,10+,12?,13?/m1/s1. The highest BCUT2D eigenvalue weighted by atomic mass is 16.2. The van der Waals surface area contributed by atoms with Crippen molar-refractivity contribution >= 4 is 5.91 Å². The molecule has 2 heteroatoms. The van der Waals surface area contributed by atoms with Crippen molar-refractivity contribution in [2.45, 2.75) is 52.5 Å². The van der Waals surface area contributed by atoms with Gasteiger partial charge >= 0.3 is 0 Å². The molecule has 2 rings (SSSR count). The van der Waals surface area contributed by atoms with E-state index in [1.807, 2.05) is 0 Å². The minimum absolute atomic E-state index is 0.263. The van der Waals surface area contributed by atoms with E-state index in [0.29, 0.717) is 6.04 Å². The second-order valence-electron chi connectivity index (χ2n) is 5.59. The third kappa shape index (κ3) is 2.04. The summed E-state index contributed by atoms with van der Waals surface area (Å²) in [5.41, 5.74) is 0. The Hall–Kier alpha value is -0.530. The molecule has 1 heterocycles. The lowest BCUT2D eigenvalue weighted by Gasteiger charge is -2.47. The summed E-state index contributed by atoms with van der Waals surface area (Å²) in [6, 6.07) is 0.467. The van der Waals surface area contributed by atoms with Crippen LogP contribution in [0.3, 0.4) is 0 Å². The predicted molar refractivity (Wildman–Crippen MR) is 61.5 cm³/mol. The molecule has 0 N–H and O–H groups in total. The molecule has 1 aliphatic carbocycles. The Labute approximate surface area is 93.0 Å². The van der Waals surface area contributed by atoms with E-state index in [0.717, 1.165) is 24.3 Å². The number of amides is 1. The Morgan fingerprint density at radius 2 is 2.00 bits per heavy atom. The van der Waals surface area contributed by atoms with Gasteiger partial charge in [0, 0.05) is 19.5 Å². The van der Waals surface area contributed by atoms with Crippen LogP contribution in [0.15, 0.2) is 0 Å². The Morgan fingerprint density at radius 1 is 1.27 bits per heavy atom. The highest BCUT2D eigenvalue weighted by molar-refractivity contribution is 5.73. The summed E-state index contributed by atoms with van der Waals surface area (Å²) in [4.78, 5) is 13.6. The van der Waals surface area contributed by atoms with E-state index in [1.165, 1.54) is 25.7 Å². The fourth-order valence-corrected chi connectivity index (χ4v) is 3.63. The summed E-state index contributed by atoms with van der Waals surface area (Å²) in [5.74, 6) is 2.75. The lowest BCUT2D eigenvalue weighted by atomic mass is 9.68. The van der Waals surface area contributed by atoms with Crippen LogP contribution in [0, 0.1) is 17.8 Å². The molecule has 0 aromatic carbocycles. The van der Waals surface area contributed by atoms with Crippen molar-refractivity contribution in [3.8, 4) is 0 Å². The zero-order valence-electron chi connectivity index (χ0n) is 10.2. The first-order valence-electron chi connectivity index (χ1n) is 6.36. The largest absolute Gasteiger partial charge is 0.340 e. The van der Waals surface area contributed by atoms with Crippen LogP contribution in [0.4, 0.5) is 0 Å². The van der Waals surface area contributed by atoms with E-state index < -0.39 is 0 Å². The zero-order valence-corrected chi connectivity index (χ0v) is 10.2. The van der Waals surface area contributed by atoms with E-state index in [9.17, 15) is 4.79 Å². The first-order valence-corrected chi connectivity index (χ1v) is 6.36. The van der Waals surface area contributed by atoms with Gasteiger partial charge in [-0.25, -0.2) is 0 Å². The second kappa shape index (κ2) is 4.15. The van der Waals surface area contributed by atoms with Gasteiger partial charge in [0.05, 0.1) is 0 Å². The molecule has 2 nitrogen and oxygen atoms in total. The normalized spacial score (nSPS) is 41.1. The summed E-state index contributed by atoms with van der Waals surface area (Å²) in [7, 11) is 0. The summed E-state index contributed by atoms with van der Waals surface area (Å²) < 4.78 is 0. The number of piperidine rings is 1. The van der Waals surface area contributed by atoms with E-state index >= 15 is 0 Å². The summed E-state index contributed by atoms with van der Waals surface area (Å²) in [6.45, 7) is 7.30. The highest BCUT2D eigenvalue weighted by Crippen LogP contribution is 2.41. The Balaban J connectivity index is 2.09. The van der Waals surface area contributed by atoms with Crippen molar-refractivity contribution in [2.75, 3.05) is 6.54 Å². The molecule has 1 amide bonds. The van der Waals surface area contributed by atoms with Crippen molar-refractivity contribution < 1.29 is 4.79 Å². The smallest absolute Gasteiger partial charge is 0.219 e. The minimum atomic E-state index is 0.263. The van der Waals surface area contributed by atoms with E-state index in [4.69, 9.17) is 0 Å². The molecule has 0 radical (unpaired) electrons. The molecule has 1 saturated carbocycles. The summed E-state index contributed by atoms with van der Waals surface area (Å²) >= 11 is 0. The topological polar surface area (TPSA) is 20.3 Å². The van der Waals surface area contributed by atoms with Gasteiger partial charge in [0.1, 0.15) is 0 Å². The number of nitrogens with zero attached hydrogens (tertiary/aromatic N) is 1. The lowest BCUT2D eigenvalue weighted by molar-refractivity contribution is -0.135. The van der Waals surface area contributed by atoms with Gasteiger partial charge in [0.25, 0.3) is 0 Å². The van der Waals surface area contributed by atoms with Gasteiger partial charge in [-0.3, -0.25) is 4.79 Å². The quantitative estimate of drug-likeness (QED) is 0.600. The maximum atomic E-state index is 11.5. The van der Waals surface area contributed by atoms with Gasteiger partial charge in [-0.15, -0.1) is 0 Å². The number of rotatable bonds is 0. The van der Waals surface area contributed by atoms with Crippen LogP contribution in [0.25, 0.3) is 0 Å². The molecule has 1 saturated heterocycles. The van der Waals surface area contributed by atoms with Crippen LogP contribution >= 0.6 is 0 Å². The lowest BCUT2D eigenvalue weighted by Crippen LogP contribution is -2.50. The average molecular weight is 209 g/mol. The maximum Gasteiger partial charge on any atom is 0.219 e. The average Bonchev–Trinajstić information content (AvgIpc) is 2.16. The third-order valence-electron chi connectivity index (χ3n) is 4.56. The van der Waals surface area contributed by atoms with Crippen molar-refractivity contribution in [1.29, 1.82) is 0 Å². The molecule has 4 atom stereocenters. The molecule has 0 aromatic rings. The van der Waals surface area contributed by atoms with E-state index in [-0.39, 0.29) is 5.91 Å². The number of hydrogen-bond acceptors (Lipinski definition) is 1. The number of hydrogen-bond donors (Lipinski definition) is 0. The number of likely N-dealkylation sites (tertiary alicyclic amines) is 1. The van der Waals surface area contributed by atoms with Gasteiger partial charge in [-0.05, 0) is 31.1 Å². The first-order chi connectivity index (χ1) is 7.09. The molecule has 0 bridgehead atoms. The fraction of sp³-hybridized carbons (Fsp3) is 0.923. The molecule has 2 aliphatic rings. The highest BCUT2D eigenvalue weighted by Gasteiger charge is 2.38. The van der Waals surface area contributed by atoms with Crippen molar-refractivity contribution in [2.24, 2.45) is 17.8 Å². The number of fused-ring (bicyclic) bond motifs is 1. The van der Waals surface area contributed by atoms with Crippen LogP contribution in [0.1, 0.15) is 46.5 Å². The molecule has 86 valence electrons. The van der Waals surface area contributed by atoms with Crippen molar-refractivity contribution in [1.82, 2.24) is 4.90 Å². The fourth-order valence-electron chi connectivity index (χ4n) is 3.63. The SMILES string of the molecule is CC(=O)N1CC2C(CCC[C@H]2C)C[C@@H]1C. The maximum absolute atomic E-state index is 11.5. The molecule has 15 heavy (non-hydrogen) atoms. The van der Waals surface area contributed by atoms with Crippen LogP contribution in [0.2, 0.25) is 0 Å². The Morgan fingerprint density at radius 3 is 2.67 bits per heavy atom. The number of carbonyl (C=O) groups excluding carboxylic acids is 1. The Kier molecular flexibility index (Phi) is 3.03. The van der Waals surface area contributed by atoms with Crippen LogP contribution in [-0.4, -0.2) is 23.4 Å². The van der Waals surface area contributed by atoms with Crippen molar-refractivity contribution in [3.05, 3.63) is 0 Å². The van der Waals surface area contributed by atoms with Crippen molar-refractivity contribution in [3.63, 3.8) is 0 Å².